The van der Waals surface area contributed by atoms with Gasteiger partial charge < -0.3 is 14.8 Å². The number of hydrogen-bond acceptors (Lipinski definition) is 6. The summed E-state index contributed by atoms with van der Waals surface area (Å²) in [6.45, 7) is 3.96. The molecule has 222 valence electrons. The van der Waals surface area contributed by atoms with Gasteiger partial charge in [0.05, 0.1) is 35.9 Å². The fourth-order valence-corrected chi connectivity index (χ4v) is 5.49. The summed E-state index contributed by atoms with van der Waals surface area (Å²) in [4.78, 5) is 31.8. The summed E-state index contributed by atoms with van der Waals surface area (Å²) in [5.74, 6) is 0.473. The van der Waals surface area contributed by atoms with Gasteiger partial charge in [0.1, 0.15) is 0 Å². The first-order valence-electron chi connectivity index (χ1n) is 13.5. The highest BCUT2D eigenvalue weighted by molar-refractivity contribution is 8.00. The zero-order valence-corrected chi connectivity index (χ0v) is 24.6. The molecule has 0 saturated heterocycles. The van der Waals surface area contributed by atoms with Gasteiger partial charge >= 0.3 is 6.18 Å². The van der Waals surface area contributed by atoms with Gasteiger partial charge in [0.15, 0.2) is 16.7 Å². The molecule has 1 unspecified atom stereocenters. The third-order valence-electron chi connectivity index (χ3n) is 6.84. The van der Waals surface area contributed by atoms with Gasteiger partial charge in [-0.2, -0.15) is 13.2 Å². The molecule has 4 aromatic rings. The second kappa shape index (κ2) is 13.3. The van der Waals surface area contributed by atoms with Crippen LogP contribution < -0.4 is 20.3 Å². The first-order chi connectivity index (χ1) is 20.1. The average Bonchev–Trinajstić information content (AvgIpc) is 2.99. The summed E-state index contributed by atoms with van der Waals surface area (Å²) in [7, 11) is 2.92. The molecule has 0 fully saturated rings. The van der Waals surface area contributed by atoms with E-state index >= 15 is 0 Å². The van der Waals surface area contributed by atoms with Gasteiger partial charge in [-0.25, -0.2) is 4.98 Å². The molecule has 1 N–H and O–H groups in total. The normalized spacial score (nSPS) is 12.3. The van der Waals surface area contributed by atoms with Crippen molar-refractivity contribution in [1.29, 1.82) is 0 Å². The van der Waals surface area contributed by atoms with Gasteiger partial charge in [-0.3, -0.25) is 14.2 Å². The largest absolute Gasteiger partial charge is 0.493 e. The molecule has 0 aliphatic carbocycles. The van der Waals surface area contributed by atoms with E-state index in [1.165, 1.54) is 30.9 Å². The average molecular weight is 600 g/mol. The zero-order valence-electron chi connectivity index (χ0n) is 23.7. The van der Waals surface area contributed by atoms with Crippen LogP contribution >= 0.6 is 11.8 Å². The van der Waals surface area contributed by atoms with Crippen LogP contribution in [0.4, 0.5) is 18.9 Å². The molecule has 0 radical (unpaired) electrons. The lowest BCUT2D eigenvalue weighted by atomic mass is 10.1. The summed E-state index contributed by atoms with van der Waals surface area (Å²) in [5, 5.41) is 2.86. The van der Waals surface area contributed by atoms with Gasteiger partial charge in [0, 0.05) is 18.3 Å². The number of amides is 1. The molecule has 3 aromatic carbocycles. The number of aromatic nitrogens is 2. The molecule has 11 heteroatoms. The maximum absolute atomic E-state index is 13.8. The number of methoxy groups -OCH3 is 2. The number of carbonyl (C=O) groups excluding carboxylic acids is 1. The second-order valence-corrected chi connectivity index (χ2v) is 10.7. The predicted octanol–water partition coefficient (Wildman–Crippen LogP) is 6.75. The quantitative estimate of drug-likeness (QED) is 0.152. The molecule has 1 amide bonds. The van der Waals surface area contributed by atoms with E-state index < -0.39 is 22.5 Å². The van der Waals surface area contributed by atoms with Crippen LogP contribution in [0.2, 0.25) is 0 Å². The van der Waals surface area contributed by atoms with Crippen LogP contribution in [0.1, 0.15) is 37.0 Å². The summed E-state index contributed by atoms with van der Waals surface area (Å²) in [5.41, 5.74) is 1.40. The van der Waals surface area contributed by atoms with Crippen molar-refractivity contribution in [1.82, 2.24) is 9.55 Å². The van der Waals surface area contributed by atoms with Crippen molar-refractivity contribution in [3.8, 4) is 11.5 Å². The van der Waals surface area contributed by atoms with E-state index in [2.05, 4.69) is 5.32 Å². The number of ether oxygens (including phenoxy) is 2. The van der Waals surface area contributed by atoms with E-state index in [1.807, 2.05) is 38.1 Å². The maximum Gasteiger partial charge on any atom is 0.416 e. The topological polar surface area (TPSA) is 82.5 Å². The number of benzene rings is 3. The Bertz CT molecular complexity index is 1620. The smallest absolute Gasteiger partial charge is 0.416 e. The van der Waals surface area contributed by atoms with Crippen LogP contribution in [0.5, 0.6) is 11.5 Å². The van der Waals surface area contributed by atoms with E-state index in [-0.39, 0.29) is 29.4 Å². The molecule has 7 nitrogen and oxygen atoms in total. The Morgan fingerprint density at radius 3 is 2.31 bits per heavy atom. The molecule has 0 aliphatic heterocycles. The third-order valence-corrected chi connectivity index (χ3v) is 8.20. The van der Waals surface area contributed by atoms with Gasteiger partial charge in [-0.15, -0.1) is 0 Å². The SMILES string of the molecule is CCc1ccc(NC(=O)C(CC)Sc2nc3cc(OC)c(OC)cc3c(=O)n2CCc2cccc(C(F)(F)F)c2)cc1. The fraction of sp³-hybridized carbons (Fsp3) is 0.323. The van der Waals surface area contributed by atoms with Crippen molar-refractivity contribution in [3.63, 3.8) is 0 Å². The molecule has 1 aromatic heterocycles. The summed E-state index contributed by atoms with van der Waals surface area (Å²) >= 11 is 1.13. The van der Waals surface area contributed by atoms with E-state index in [0.717, 1.165) is 35.9 Å². The second-order valence-electron chi connectivity index (χ2n) is 9.58. The third kappa shape index (κ3) is 7.07. The van der Waals surface area contributed by atoms with Crippen LogP contribution in [0.25, 0.3) is 10.9 Å². The van der Waals surface area contributed by atoms with Gasteiger partial charge in [-0.05, 0) is 54.7 Å². The molecule has 42 heavy (non-hydrogen) atoms. The molecule has 4 rings (SSSR count). The Kier molecular flexibility index (Phi) is 9.82. The number of nitrogens with zero attached hydrogens (tertiary/aromatic N) is 2. The molecular formula is C31H32F3N3O4S. The highest BCUT2D eigenvalue weighted by Gasteiger charge is 2.30. The minimum Gasteiger partial charge on any atom is -0.493 e. The minimum absolute atomic E-state index is 0.0519. The van der Waals surface area contributed by atoms with Crippen LogP contribution in [0.3, 0.4) is 0 Å². The Morgan fingerprint density at radius 1 is 1.00 bits per heavy atom. The lowest BCUT2D eigenvalue weighted by molar-refractivity contribution is -0.137. The molecule has 1 atom stereocenters. The lowest BCUT2D eigenvalue weighted by Gasteiger charge is -2.19. The lowest BCUT2D eigenvalue weighted by Crippen LogP contribution is -2.28. The van der Waals surface area contributed by atoms with Crippen molar-refractivity contribution in [2.24, 2.45) is 0 Å². The standard InChI is InChI=1S/C31H32F3N3O4S/c1-5-19-10-12-22(13-11-19)35-28(38)27(6-2)42-30-36-24-18-26(41-4)25(40-3)17-23(24)29(39)37(30)15-14-20-8-7-9-21(16-20)31(32,33)34/h7-13,16-18,27H,5-6,14-15H2,1-4H3,(H,35,38). The van der Waals surface area contributed by atoms with Crippen molar-refractivity contribution >= 4 is 34.3 Å². The van der Waals surface area contributed by atoms with Crippen molar-refractivity contribution in [3.05, 3.63) is 87.7 Å². The number of fused-ring (bicyclic) bond motifs is 1. The summed E-state index contributed by atoms with van der Waals surface area (Å²) in [6.07, 6.45) is -3.02. The van der Waals surface area contributed by atoms with E-state index in [4.69, 9.17) is 14.5 Å². The highest BCUT2D eigenvalue weighted by atomic mass is 32.2. The van der Waals surface area contributed by atoms with Gasteiger partial charge in [0.2, 0.25) is 5.91 Å². The van der Waals surface area contributed by atoms with Crippen LogP contribution in [0.15, 0.2) is 70.6 Å². The Labute approximate surface area is 246 Å². The monoisotopic (exact) mass is 599 g/mol. The molecular weight excluding hydrogens is 567 g/mol. The van der Waals surface area contributed by atoms with E-state index in [1.54, 1.807) is 12.1 Å². The zero-order chi connectivity index (χ0) is 30.4. The van der Waals surface area contributed by atoms with Crippen LogP contribution in [-0.2, 0) is 30.4 Å². The van der Waals surface area contributed by atoms with Crippen LogP contribution in [-0.4, -0.2) is 34.9 Å². The number of aryl methyl sites for hydroxylation is 2. The number of anilines is 1. The van der Waals surface area contributed by atoms with Crippen molar-refractivity contribution in [2.75, 3.05) is 19.5 Å². The number of hydrogen-bond donors (Lipinski definition) is 1. The number of alkyl halides is 3. The van der Waals surface area contributed by atoms with Crippen LogP contribution in [0, 0.1) is 0 Å². The predicted molar refractivity (Wildman–Crippen MR) is 159 cm³/mol. The van der Waals surface area contributed by atoms with E-state index in [0.29, 0.717) is 34.7 Å². The minimum atomic E-state index is -4.48. The number of nitrogens with one attached hydrogen (secondary N) is 1. The fourth-order valence-electron chi connectivity index (χ4n) is 4.45. The molecule has 0 bridgehead atoms. The number of carbonyl (C=O) groups is 1. The van der Waals surface area contributed by atoms with E-state index in [9.17, 15) is 22.8 Å². The molecule has 0 spiro atoms. The molecule has 0 aliphatic rings. The number of rotatable bonds is 11. The molecule has 0 saturated carbocycles. The van der Waals surface area contributed by atoms with Crippen molar-refractivity contribution < 1.29 is 27.4 Å². The highest BCUT2D eigenvalue weighted by Crippen LogP contribution is 2.33. The Morgan fingerprint density at radius 2 is 1.69 bits per heavy atom. The first kappa shape index (κ1) is 31.0. The van der Waals surface area contributed by atoms with Crippen molar-refractivity contribution in [2.45, 2.75) is 56.2 Å². The van der Waals surface area contributed by atoms with Gasteiger partial charge in [0.25, 0.3) is 5.56 Å². The molecule has 1 heterocycles. The first-order valence-corrected chi connectivity index (χ1v) is 14.3. The summed E-state index contributed by atoms with van der Waals surface area (Å²) < 4.78 is 52.0. The number of halogens is 3. The Balaban J connectivity index is 1.71. The summed E-state index contributed by atoms with van der Waals surface area (Å²) in [6, 6.07) is 15.7. The van der Waals surface area contributed by atoms with Gasteiger partial charge in [-0.1, -0.05) is 55.9 Å². The maximum atomic E-state index is 13.8. The Hall–Kier alpha value is -3.99. The number of thioether (sulfide) groups is 1.